The molecule has 1 aromatic carbocycles. The number of pyridine rings is 1. The Kier molecular flexibility index (Phi) is 7.65. The Hall–Kier alpha value is -3.04. The van der Waals surface area contributed by atoms with E-state index in [-0.39, 0.29) is 29.3 Å². The number of benzene rings is 1. The largest absolute Gasteiger partial charge is 0.397 e. The third-order valence-corrected chi connectivity index (χ3v) is 5.59. The highest BCUT2D eigenvalue weighted by molar-refractivity contribution is 14.2. The number of anilines is 3. The van der Waals surface area contributed by atoms with Crippen LogP contribution in [0, 0.1) is 16.6 Å². The SMILES string of the molecule is CC(C)(C)c1cc(NC(=O)Cc2ccc(C(=N)c3c(N)ncc(C#CSI)c3N)cc2)no1. The van der Waals surface area contributed by atoms with Gasteiger partial charge in [-0.3, -0.25) is 10.2 Å². The monoisotopic (exact) mass is 574 g/mol. The lowest BCUT2D eigenvalue weighted by atomic mass is 9.93. The summed E-state index contributed by atoms with van der Waals surface area (Å²) < 4.78 is 5.29. The molecule has 1 amide bonds. The lowest BCUT2D eigenvalue weighted by molar-refractivity contribution is -0.115. The number of rotatable bonds is 5. The molecule has 0 aliphatic carbocycles. The molecule has 0 atom stereocenters. The Morgan fingerprint density at radius 2 is 1.97 bits per heavy atom. The first-order chi connectivity index (χ1) is 15.6. The lowest BCUT2D eigenvalue weighted by Gasteiger charge is -2.12. The van der Waals surface area contributed by atoms with E-state index in [0.717, 1.165) is 5.56 Å². The minimum Gasteiger partial charge on any atom is -0.397 e. The molecule has 0 aliphatic rings. The van der Waals surface area contributed by atoms with E-state index in [0.29, 0.717) is 34.0 Å². The van der Waals surface area contributed by atoms with Crippen molar-refractivity contribution in [3.05, 3.63) is 64.5 Å². The zero-order valence-electron chi connectivity index (χ0n) is 18.3. The molecule has 2 aromatic heterocycles. The van der Waals surface area contributed by atoms with Gasteiger partial charge in [0.15, 0.2) is 5.82 Å². The molecule has 0 fully saturated rings. The molecule has 2 heterocycles. The number of nitrogen functional groups attached to an aromatic ring is 2. The Morgan fingerprint density at radius 3 is 2.58 bits per heavy atom. The fraction of sp³-hybridized carbons (Fsp3) is 0.217. The average Bonchev–Trinajstić information content (AvgIpc) is 3.22. The quantitative estimate of drug-likeness (QED) is 0.199. The maximum absolute atomic E-state index is 12.4. The summed E-state index contributed by atoms with van der Waals surface area (Å²) in [5, 5.41) is 18.1. The number of hydrogen-bond donors (Lipinski definition) is 4. The standard InChI is InChI=1S/C23H23IN6O2S/c1-23(2,3)16-11-17(30-32-16)29-18(31)10-13-4-6-14(7-5-13)20(25)19-21(26)15(8-9-33-24)12-28-22(19)27/h4-7,11-12,25H,10H2,1-3H3,(H4,26,27,28)(H,29,30,31). The van der Waals surface area contributed by atoms with E-state index in [1.165, 1.54) is 15.1 Å². The highest BCUT2D eigenvalue weighted by Crippen LogP contribution is 2.26. The van der Waals surface area contributed by atoms with Crippen LogP contribution in [0.2, 0.25) is 0 Å². The third-order valence-electron chi connectivity index (χ3n) is 4.75. The number of hydrogen-bond acceptors (Lipinski definition) is 8. The van der Waals surface area contributed by atoms with Crippen LogP contribution >= 0.6 is 30.1 Å². The maximum atomic E-state index is 12.4. The smallest absolute Gasteiger partial charge is 0.230 e. The first-order valence-corrected chi connectivity index (χ1v) is 13.2. The van der Waals surface area contributed by atoms with Crippen LogP contribution in [0.5, 0.6) is 0 Å². The van der Waals surface area contributed by atoms with Crippen LogP contribution in [0.25, 0.3) is 0 Å². The van der Waals surface area contributed by atoms with Crippen LogP contribution in [-0.4, -0.2) is 21.8 Å². The van der Waals surface area contributed by atoms with E-state index in [1.807, 2.05) is 20.8 Å². The zero-order chi connectivity index (χ0) is 24.2. The molecule has 0 spiro atoms. The number of carbonyl (C=O) groups excluding carboxylic acids is 1. The molecule has 0 saturated carbocycles. The Morgan fingerprint density at radius 1 is 1.27 bits per heavy atom. The molecule has 170 valence electrons. The number of halogens is 1. The molecule has 0 radical (unpaired) electrons. The van der Waals surface area contributed by atoms with Crippen molar-refractivity contribution in [3.63, 3.8) is 0 Å². The van der Waals surface area contributed by atoms with Gasteiger partial charge in [-0.05, 0) is 19.7 Å². The minimum atomic E-state index is -0.219. The predicted molar refractivity (Wildman–Crippen MR) is 141 cm³/mol. The number of aromatic nitrogens is 2. The highest BCUT2D eigenvalue weighted by atomic mass is 127. The molecule has 10 heteroatoms. The summed E-state index contributed by atoms with van der Waals surface area (Å²) in [6.07, 6.45) is 1.65. The average molecular weight is 574 g/mol. The molecule has 0 unspecified atom stereocenters. The number of nitrogens with zero attached hydrogens (tertiary/aromatic N) is 2. The van der Waals surface area contributed by atoms with Crippen LogP contribution in [0.4, 0.5) is 17.3 Å². The molecule has 33 heavy (non-hydrogen) atoms. The van der Waals surface area contributed by atoms with Crippen LogP contribution in [0.15, 0.2) is 41.1 Å². The van der Waals surface area contributed by atoms with Gasteiger partial charge in [0, 0.05) is 44.4 Å². The fourth-order valence-corrected chi connectivity index (χ4v) is 3.45. The van der Waals surface area contributed by atoms with Gasteiger partial charge in [0.2, 0.25) is 5.91 Å². The normalized spacial score (nSPS) is 10.9. The second kappa shape index (κ2) is 10.3. The van der Waals surface area contributed by atoms with Gasteiger partial charge in [0.1, 0.15) is 11.6 Å². The number of nitrogens with two attached hydrogens (primary N) is 2. The van der Waals surface area contributed by atoms with Crippen molar-refractivity contribution in [2.75, 3.05) is 16.8 Å². The van der Waals surface area contributed by atoms with E-state index < -0.39 is 0 Å². The summed E-state index contributed by atoms with van der Waals surface area (Å²) in [5.74, 6) is 3.92. The molecule has 3 rings (SSSR count). The molecular weight excluding hydrogens is 551 g/mol. The van der Waals surface area contributed by atoms with Crippen LogP contribution in [0.3, 0.4) is 0 Å². The topological polar surface area (TPSA) is 144 Å². The van der Waals surface area contributed by atoms with Crippen molar-refractivity contribution in [1.82, 2.24) is 10.1 Å². The summed E-state index contributed by atoms with van der Waals surface area (Å²) in [6.45, 7) is 6.01. The summed E-state index contributed by atoms with van der Waals surface area (Å²) in [4.78, 5) is 16.5. The molecule has 0 aliphatic heterocycles. The minimum absolute atomic E-state index is 0.136. The van der Waals surface area contributed by atoms with Gasteiger partial charge in [0.25, 0.3) is 0 Å². The van der Waals surface area contributed by atoms with Gasteiger partial charge >= 0.3 is 0 Å². The van der Waals surface area contributed by atoms with E-state index >= 15 is 0 Å². The highest BCUT2D eigenvalue weighted by Gasteiger charge is 2.20. The van der Waals surface area contributed by atoms with E-state index in [9.17, 15) is 4.79 Å². The summed E-state index contributed by atoms with van der Waals surface area (Å²) in [5.41, 5.74) is 14.7. The second-order valence-corrected chi connectivity index (χ2v) is 9.95. The van der Waals surface area contributed by atoms with Gasteiger partial charge in [-0.2, -0.15) is 0 Å². The fourth-order valence-electron chi connectivity index (χ4n) is 2.97. The van der Waals surface area contributed by atoms with Crippen molar-refractivity contribution in [3.8, 4) is 11.2 Å². The summed E-state index contributed by atoms with van der Waals surface area (Å²) in [7, 11) is 1.33. The maximum Gasteiger partial charge on any atom is 0.230 e. The van der Waals surface area contributed by atoms with Gasteiger partial charge in [-0.15, -0.1) is 0 Å². The molecule has 6 N–H and O–H groups in total. The number of nitrogens with one attached hydrogen (secondary N) is 2. The van der Waals surface area contributed by atoms with Crippen molar-refractivity contribution in [2.45, 2.75) is 32.6 Å². The van der Waals surface area contributed by atoms with E-state index in [4.69, 9.17) is 21.4 Å². The van der Waals surface area contributed by atoms with Gasteiger partial charge in [-0.1, -0.05) is 56.1 Å². The van der Waals surface area contributed by atoms with Crippen LogP contribution < -0.4 is 16.8 Å². The Balaban J connectivity index is 1.72. The van der Waals surface area contributed by atoms with Crippen molar-refractivity contribution < 1.29 is 9.32 Å². The predicted octanol–water partition coefficient (Wildman–Crippen LogP) is 4.52. The lowest BCUT2D eigenvalue weighted by Crippen LogP contribution is -2.15. The van der Waals surface area contributed by atoms with Crippen LogP contribution in [-0.2, 0) is 16.6 Å². The summed E-state index contributed by atoms with van der Waals surface area (Å²) in [6, 6.07) is 8.78. The molecule has 0 bridgehead atoms. The van der Waals surface area contributed by atoms with E-state index in [2.05, 4.69) is 47.8 Å². The molecule has 0 saturated heterocycles. The van der Waals surface area contributed by atoms with Crippen molar-refractivity contribution >= 4 is 59.1 Å². The number of amides is 1. The second-order valence-electron chi connectivity index (χ2n) is 8.27. The van der Waals surface area contributed by atoms with Crippen molar-refractivity contribution in [1.29, 1.82) is 5.41 Å². The Bertz CT molecular complexity index is 1250. The molecular formula is C23H23IN6O2S. The van der Waals surface area contributed by atoms with Crippen LogP contribution in [0.1, 0.15) is 48.8 Å². The van der Waals surface area contributed by atoms with Gasteiger partial charge in [0.05, 0.1) is 28.9 Å². The zero-order valence-corrected chi connectivity index (χ0v) is 21.3. The van der Waals surface area contributed by atoms with Gasteiger partial charge in [-0.25, -0.2) is 4.98 Å². The Labute approximate surface area is 208 Å². The first kappa shape index (κ1) is 24.6. The third kappa shape index (κ3) is 6.06. The first-order valence-electron chi connectivity index (χ1n) is 9.88. The molecule has 8 nitrogen and oxygen atoms in total. The van der Waals surface area contributed by atoms with Crippen molar-refractivity contribution in [2.24, 2.45) is 0 Å². The van der Waals surface area contributed by atoms with E-state index in [1.54, 1.807) is 30.3 Å². The molecule has 3 aromatic rings. The number of carbonyl (C=O) groups is 1. The summed E-state index contributed by atoms with van der Waals surface area (Å²) >= 11 is 2.06. The van der Waals surface area contributed by atoms with Gasteiger partial charge < -0.3 is 21.3 Å².